The number of hydrogen-bond acceptors (Lipinski definition) is 9. The zero-order chi connectivity index (χ0) is 50.7. The van der Waals surface area contributed by atoms with Gasteiger partial charge < -0.3 is 47.1 Å². The van der Waals surface area contributed by atoms with Gasteiger partial charge in [-0.3, -0.25) is 28.8 Å². The quantitative estimate of drug-likeness (QED) is 0.0377. The Hall–Kier alpha value is -7.31. The third kappa shape index (κ3) is 15.3. The molecule has 70 heavy (non-hydrogen) atoms. The Balaban J connectivity index is 1.37. The molecule has 0 radical (unpaired) electrons. The van der Waals surface area contributed by atoms with Crippen LogP contribution in [0.3, 0.4) is 0 Å². The summed E-state index contributed by atoms with van der Waals surface area (Å²) >= 11 is 0. The molecule has 1 fully saturated rings. The highest BCUT2D eigenvalue weighted by atomic mass is 19.3. The molecule has 1 heterocycles. The zero-order valence-electron chi connectivity index (χ0n) is 39.1. The van der Waals surface area contributed by atoms with Gasteiger partial charge in [-0.25, -0.2) is 4.79 Å². The summed E-state index contributed by atoms with van der Waals surface area (Å²) in [5.41, 5.74) is 7.51. The maximum Gasteiger partial charge on any atom is 0.379 e. The predicted octanol–water partition coefficient (Wildman–Crippen LogP) is 3.56. The van der Waals surface area contributed by atoms with Crippen LogP contribution in [0.4, 0.5) is 8.78 Å². The number of amides is 6. The van der Waals surface area contributed by atoms with Crippen LogP contribution in [0, 0.1) is 5.41 Å². The summed E-state index contributed by atoms with van der Waals surface area (Å²) in [7, 11) is 0. The molecule has 0 aliphatic carbocycles. The Labute approximate surface area is 405 Å². The Morgan fingerprint density at radius 1 is 0.800 bits per heavy atom. The number of nitrogens with zero attached hydrogens (tertiary/aromatic N) is 1. The van der Waals surface area contributed by atoms with E-state index in [0.29, 0.717) is 60.4 Å². The van der Waals surface area contributed by atoms with Gasteiger partial charge in [-0.2, -0.15) is 8.78 Å². The number of aliphatic carboxylic acids is 1. The fourth-order valence-electron chi connectivity index (χ4n) is 8.27. The molecule has 6 amide bonds. The number of carboxylic acids is 1. The monoisotopic (exact) mass is 965 g/mol. The van der Waals surface area contributed by atoms with Crippen LogP contribution in [0.25, 0.3) is 11.1 Å². The smallest absolute Gasteiger partial charge is 0.379 e. The second-order valence-corrected chi connectivity index (χ2v) is 17.1. The number of carbonyl (C=O) groups excluding carboxylic acids is 6. The number of alkyl halides is 2. The number of nitrogens with two attached hydrogens (primary N) is 1. The standard InChI is InChI=1S/C52H61F2N7O9/c1-3-46(64)61-27-9-23-51(34-61,32-37-10-5-4-6-11-37)49(67)60-44(30-36-14-16-38(17-15-36)39-18-20-42(21-19-39)52(53,54)50(68)69)48(66)58-33-41-13-8-7-12-40(41)31-45(63)59-43(22-25-56-35(2)62)47(65)57-26-29-70-28-24-55/h3-8,10-21,43-44H,1,9,22-34,55H2,2H3,(H,56,62)(H,57,65)(H,58,66)(H,59,63)(H,60,67)(H,68,69)/t43-,44-,51-/m0/s1. The van der Waals surface area contributed by atoms with Crippen molar-refractivity contribution in [2.45, 2.75) is 70.0 Å². The van der Waals surface area contributed by atoms with E-state index in [1.165, 1.54) is 25.1 Å². The van der Waals surface area contributed by atoms with E-state index in [0.717, 1.165) is 17.7 Å². The minimum Gasteiger partial charge on any atom is -0.477 e. The van der Waals surface area contributed by atoms with Crippen molar-refractivity contribution in [3.05, 3.63) is 144 Å². The van der Waals surface area contributed by atoms with Gasteiger partial charge in [0, 0.05) is 58.2 Å². The molecule has 1 aliphatic rings. The third-order valence-corrected chi connectivity index (χ3v) is 12.0. The third-order valence-electron chi connectivity index (χ3n) is 12.0. The molecular weight excluding hydrogens is 905 g/mol. The molecule has 16 nitrogen and oxygen atoms in total. The van der Waals surface area contributed by atoms with Gasteiger partial charge in [0.15, 0.2) is 0 Å². The topological polar surface area (TPSA) is 238 Å². The highest BCUT2D eigenvalue weighted by Gasteiger charge is 2.45. The van der Waals surface area contributed by atoms with E-state index in [9.17, 15) is 42.3 Å². The fourth-order valence-corrected chi connectivity index (χ4v) is 8.27. The molecule has 0 saturated carbocycles. The van der Waals surface area contributed by atoms with Gasteiger partial charge in [-0.1, -0.05) is 110 Å². The number of hydrogen-bond donors (Lipinski definition) is 7. The first-order valence-corrected chi connectivity index (χ1v) is 23.1. The highest BCUT2D eigenvalue weighted by Crippen LogP contribution is 2.35. The van der Waals surface area contributed by atoms with Crippen LogP contribution in [0.15, 0.2) is 116 Å². The van der Waals surface area contributed by atoms with E-state index in [1.807, 2.05) is 30.3 Å². The molecule has 4 aromatic carbocycles. The Morgan fingerprint density at radius 3 is 2.09 bits per heavy atom. The fraction of sp³-hybridized carbons (Fsp3) is 0.365. The van der Waals surface area contributed by atoms with Crippen LogP contribution < -0.4 is 32.3 Å². The molecule has 8 N–H and O–H groups in total. The summed E-state index contributed by atoms with van der Waals surface area (Å²) in [6.45, 7) is 6.64. The number of nitrogens with one attached hydrogen (secondary N) is 5. The molecule has 18 heteroatoms. The molecule has 1 aliphatic heterocycles. The van der Waals surface area contributed by atoms with E-state index in [2.05, 4.69) is 33.2 Å². The second kappa shape index (κ2) is 25.9. The van der Waals surface area contributed by atoms with Crippen molar-refractivity contribution in [2.24, 2.45) is 11.1 Å². The minimum absolute atomic E-state index is 0.0173. The van der Waals surface area contributed by atoms with Gasteiger partial charge in [0.1, 0.15) is 12.1 Å². The number of ether oxygens (including phenoxy) is 1. The van der Waals surface area contributed by atoms with E-state index in [1.54, 1.807) is 53.4 Å². The van der Waals surface area contributed by atoms with Crippen molar-refractivity contribution >= 4 is 41.4 Å². The Morgan fingerprint density at radius 2 is 1.44 bits per heavy atom. The van der Waals surface area contributed by atoms with Crippen LogP contribution in [-0.2, 0) is 70.0 Å². The molecular formula is C52H61F2N7O9. The van der Waals surface area contributed by atoms with Crippen molar-refractivity contribution < 1.29 is 52.2 Å². The molecule has 372 valence electrons. The van der Waals surface area contributed by atoms with Gasteiger partial charge in [-0.05, 0) is 65.1 Å². The number of carbonyl (C=O) groups is 7. The zero-order valence-corrected chi connectivity index (χ0v) is 39.1. The van der Waals surface area contributed by atoms with Crippen molar-refractivity contribution in [3.63, 3.8) is 0 Å². The van der Waals surface area contributed by atoms with E-state index in [-0.39, 0.29) is 70.3 Å². The average Bonchev–Trinajstić information content (AvgIpc) is 3.35. The molecule has 0 bridgehead atoms. The molecule has 3 atom stereocenters. The van der Waals surface area contributed by atoms with Gasteiger partial charge in [0.25, 0.3) is 0 Å². The minimum atomic E-state index is -4.06. The van der Waals surface area contributed by atoms with Crippen LogP contribution in [0.5, 0.6) is 0 Å². The largest absolute Gasteiger partial charge is 0.477 e. The molecule has 0 aromatic heterocycles. The van der Waals surface area contributed by atoms with Crippen LogP contribution in [0.2, 0.25) is 0 Å². The number of rotatable bonds is 25. The summed E-state index contributed by atoms with van der Waals surface area (Å²) in [5, 5.41) is 23.1. The molecule has 1 saturated heterocycles. The van der Waals surface area contributed by atoms with Crippen LogP contribution in [0.1, 0.15) is 54.0 Å². The van der Waals surface area contributed by atoms with Crippen molar-refractivity contribution in [3.8, 4) is 11.1 Å². The van der Waals surface area contributed by atoms with Crippen molar-refractivity contribution in [2.75, 3.05) is 45.9 Å². The van der Waals surface area contributed by atoms with Gasteiger partial charge >= 0.3 is 11.9 Å². The Kier molecular flexibility index (Phi) is 19.8. The Bertz CT molecular complexity index is 2460. The van der Waals surface area contributed by atoms with Gasteiger partial charge in [0.2, 0.25) is 35.4 Å². The van der Waals surface area contributed by atoms with Crippen LogP contribution in [-0.4, -0.2) is 109 Å². The van der Waals surface area contributed by atoms with E-state index < -0.39 is 58.6 Å². The second-order valence-electron chi connectivity index (χ2n) is 17.1. The summed E-state index contributed by atoms with van der Waals surface area (Å²) in [6.07, 6.45) is 2.44. The lowest BCUT2D eigenvalue weighted by Gasteiger charge is -2.42. The number of likely N-dealkylation sites (tertiary alicyclic amines) is 1. The number of piperidine rings is 1. The van der Waals surface area contributed by atoms with Crippen molar-refractivity contribution in [1.82, 2.24) is 31.5 Å². The molecule has 0 unspecified atom stereocenters. The van der Waals surface area contributed by atoms with Crippen molar-refractivity contribution in [1.29, 1.82) is 0 Å². The lowest BCUT2D eigenvalue weighted by Crippen LogP contribution is -2.58. The normalized spacial score (nSPS) is 15.4. The predicted molar refractivity (Wildman–Crippen MR) is 258 cm³/mol. The molecule has 0 spiro atoms. The summed E-state index contributed by atoms with van der Waals surface area (Å²) < 4.78 is 33.6. The first-order chi connectivity index (χ1) is 33.5. The van der Waals surface area contributed by atoms with Gasteiger partial charge in [0.05, 0.1) is 25.0 Å². The molecule has 5 rings (SSSR count). The summed E-state index contributed by atoms with van der Waals surface area (Å²) in [6, 6.07) is 26.0. The maximum atomic E-state index is 14.8. The number of benzene rings is 4. The lowest BCUT2D eigenvalue weighted by molar-refractivity contribution is -0.166. The molecule has 4 aromatic rings. The number of carboxylic acid groups (broad SMARTS) is 1. The average molecular weight is 966 g/mol. The number of halogens is 2. The van der Waals surface area contributed by atoms with Crippen LogP contribution >= 0.6 is 0 Å². The summed E-state index contributed by atoms with van der Waals surface area (Å²) in [5.74, 6) is -8.84. The SMILES string of the molecule is C=CC(=O)N1CCC[C@@](Cc2ccccc2)(C(=O)N[C@@H](Cc2ccc(-c3ccc(C(F)(F)C(=O)O)cc3)cc2)C(=O)NCc2ccccc2CC(=O)N[C@@H](CCNC(C)=O)C(=O)NCCOCCN)C1. The summed E-state index contributed by atoms with van der Waals surface area (Å²) in [4.78, 5) is 93.0. The highest BCUT2D eigenvalue weighted by molar-refractivity contribution is 5.92. The van der Waals surface area contributed by atoms with E-state index >= 15 is 0 Å². The first-order valence-electron chi connectivity index (χ1n) is 23.1. The lowest BCUT2D eigenvalue weighted by atomic mass is 9.74. The van der Waals surface area contributed by atoms with Gasteiger partial charge in [-0.15, -0.1) is 0 Å². The van der Waals surface area contributed by atoms with E-state index in [4.69, 9.17) is 15.6 Å². The maximum absolute atomic E-state index is 14.8. The first kappa shape index (κ1) is 53.6.